The maximum Gasteiger partial charge on any atom is 0.232 e. The van der Waals surface area contributed by atoms with Crippen molar-refractivity contribution in [2.24, 2.45) is 0 Å². The van der Waals surface area contributed by atoms with Gasteiger partial charge >= 0.3 is 0 Å². The molecule has 1 aliphatic rings. The zero-order valence-electron chi connectivity index (χ0n) is 20.3. The average Bonchev–Trinajstić information content (AvgIpc) is 3.16. The zero-order chi connectivity index (χ0) is 26.0. The van der Waals surface area contributed by atoms with E-state index in [0.29, 0.717) is 34.7 Å². The molecule has 1 aliphatic carbocycles. The maximum absolute atomic E-state index is 12.2. The molecule has 0 aliphatic heterocycles. The highest BCUT2D eigenvalue weighted by molar-refractivity contribution is 7.92. The molecule has 0 unspecified atom stereocenters. The molecule has 8 nitrogen and oxygen atoms in total. The first-order valence-corrected chi connectivity index (χ1v) is 13.8. The number of nitrogens with zero attached hydrogens (tertiary/aromatic N) is 4. The van der Waals surface area contributed by atoms with E-state index in [2.05, 4.69) is 26.4 Å². The fourth-order valence-electron chi connectivity index (χ4n) is 4.65. The number of fused-ring (bicyclic) bond motifs is 1. The molecule has 9 heteroatoms. The number of nitriles is 2. The predicted octanol–water partition coefficient (Wildman–Crippen LogP) is 6.12. The van der Waals surface area contributed by atoms with Gasteiger partial charge in [0.2, 0.25) is 10.0 Å². The number of hydrogen-bond acceptors (Lipinski definition) is 6. The quantitative estimate of drug-likeness (QED) is 0.304. The van der Waals surface area contributed by atoms with Gasteiger partial charge in [-0.15, -0.1) is 0 Å². The van der Waals surface area contributed by atoms with E-state index >= 15 is 0 Å². The fourth-order valence-corrected chi connectivity index (χ4v) is 5.79. The minimum Gasteiger partial charge on any atom is -0.456 e. The van der Waals surface area contributed by atoms with Gasteiger partial charge in [0.1, 0.15) is 29.2 Å². The molecule has 37 heavy (non-hydrogen) atoms. The molecule has 0 amide bonds. The predicted molar refractivity (Wildman–Crippen MR) is 142 cm³/mol. The number of rotatable bonds is 8. The van der Waals surface area contributed by atoms with Crippen LogP contribution in [0.25, 0.3) is 22.2 Å². The minimum atomic E-state index is -3.39. The van der Waals surface area contributed by atoms with E-state index in [1.807, 2.05) is 31.2 Å². The molecule has 0 atom stereocenters. The lowest BCUT2D eigenvalue weighted by Crippen LogP contribution is -2.18. The van der Waals surface area contributed by atoms with Crippen LogP contribution in [0, 0.1) is 22.7 Å². The van der Waals surface area contributed by atoms with Gasteiger partial charge in [0.15, 0.2) is 0 Å². The van der Waals surface area contributed by atoms with Gasteiger partial charge in [0.25, 0.3) is 0 Å². The molecule has 5 rings (SSSR count). The van der Waals surface area contributed by atoms with Gasteiger partial charge in [-0.05, 0) is 55.5 Å². The Labute approximate surface area is 215 Å². The van der Waals surface area contributed by atoms with E-state index in [4.69, 9.17) is 4.74 Å². The summed E-state index contributed by atoms with van der Waals surface area (Å²) in [6, 6.07) is 19.1. The third-order valence-corrected chi connectivity index (χ3v) is 8.05. The van der Waals surface area contributed by atoms with Gasteiger partial charge in [-0.3, -0.25) is 9.71 Å². The normalized spacial score (nSPS) is 13.5. The number of hydrogen-bond donors (Lipinski definition) is 1. The molecule has 1 N–H and O–H groups in total. The number of aromatic nitrogens is 2. The Morgan fingerprint density at radius 1 is 1.11 bits per heavy atom. The second-order valence-electron chi connectivity index (χ2n) is 9.05. The van der Waals surface area contributed by atoms with Gasteiger partial charge in [0, 0.05) is 41.6 Å². The van der Waals surface area contributed by atoms with Crippen molar-refractivity contribution in [3.63, 3.8) is 0 Å². The largest absolute Gasteiger partial charge is 0.456 e. The van der Waals surface area contributed by atoms with Gasteiger partial charge in [0.05, 0.1) is 22.5 Å². The molecule has 0 radical (unpaired) electrons. The second-order valence-corrected chi connectivity index (χ2v) is 10.9. The first kappa shape index (κ1) is 24.4. The zero-order valence-corrected chi connectivity index (χ0v) is 21.1. The lowest BCUT2D eigenvalue weighted by atomic mass is 9.92. The third-order valence-electron chi connectivity index (χ3n) is 6.56. The standard InChI is InChI=1S/C28H25N5O3S/c1-2-14-37(34,35)32-21-8-6-19(7-9-21)28-25(17-30)24-11-10-23(15-26(24)33(28)22-4-3-5-22)36-27-12-13-31-18-20(27)16-29/h6-13,15,18,22,32H,2-5,14H2,1H3. The minimum absolute atomic E-state index is 0.0585. The summed E-state index contributed by atoms with van der Waals surface area (Å²) >= 11 is 0. The van der Waals surface area contributed by atoms with Crippen LogP contribution in [-0.4, -0.2) is 23.7 Å². The number of nitrogens with one attached hydrogen (secondary N) is 1. The Morgan fingerprint density at radius 2 is 1.89 bits per heavy atom. The summed E-state index contributed by atoms with van der Waals surface area (Å²) in [7, 11) is -3.39. The van der Waals surface area contributed by atoms with Crippen LogP contribution in [0.3, 0.4) is 0 Å². The van der Waals surface area contributed by atoms with E-state index in [1.165, 1.54) is 6.20 Å². The number of pyridine rings is 1. The van der Waals surface area contributed by atoms with E-state index < -0.39 is 10.0 Å². The smallest absolute Gasteiger partial charge is 0.232 e. The molecule has 186 valence electrons. The van der Waals surface area contributed by atoms with Crippen LogP contribution >= 0.6 is 0 Å². The maximum atomic E-state index is 12.2. The van der Waals surface area contributed by atoms with Gasteiger partial charge in [-0.1, -0.05) is 19.1 Å². The molecular weight excluding hydrogens is 486 g/mol. The third kappa shape index (κ3) is 4.74. The second kappa shape index (κ2) is 9.96. The Kier molecular flexibility index (Phi) is 6.56. The van der Waals surface area contributed by atoms with Crippen LogP contribution in [0.4, 0.5) is 5.69 Å². The summed E-state index contributed by atoms with van der Waals surface area (Å²) in [5, 5.41) is 20.4. The van der Waals surface area contributed by atoms with Crippen molar-refractivity contribution in [2.45, 2.75) is 38.6 Å². The van der Waals surface area contributed by atoms with Crippen molar-refractivity contribution in [3.05, 3.63) is 72.1 Å². The Hall–Kier alpha value is -4.34. The van der Waals surface area contributed by atoms with Crippen molar-refractivity contribution >= 4 is 26.6 Å². The van der Waals surface area contributed by atoms with Crippen LogP contribution in [0.2, 0.25) is 0 Å². The van der Waals surface area contributed by atoms with Crippen LogP contribution < -0.4 is 9.46 Å². The Morgan fingerprint density at radius 3 is 2.54 bits per heavy atom. The topological polar surface area (TPSA) is 121 Å². The molecule has 0 bridgehead atoms. The summed E-state index contributed by atoms with van der Waals surface area (Å²) in [4.78, 5) is 3.98. The lowest BCUT2D eigenvalue weighted by molar-refractivity contribution is 0.324. The highest BCUT2D eigenvalue weighted by Gasteiger charge is 2.28. The summed E-state index contributed by atoms with van der Waals surface area (Å²) in [5.41, 5.74) is 3.92. The van der Waals surface area contributed by atoms with E-state index in [-0.39, 0.29) is 11.8 Å². The first-order valence-electron chi connectivity index (χ1n) is 12.1. The van der Waals surface area contributed by atoms with E-state index in [9.17, 15) is 18.9 Å². The molecule has 2 heterocycles. The van der Waals surface area contributed by atoms with Gasteiger partial charge in [-0.2, -0.15) is 10.5 Å². The number of benzene rings is 2. The molecule has 1 saturated carbocycles. The molecule has 2 aromatic carbocycles. The molecule has 1 fully saturated rings. The average molecular weight is 512 g/mol. The van der Waals surface area contributed by atoms with Crippen LogP contribution in [0.1, 0.15) is 49.8 Å². The highest BCUT2D eigenvalue weighted by Crippen LogP contribution is 2.43. The van der Waals surface area contributed by atoms with Crippen molar-refractivity contribution < 1.29 is 13.2 Å². The van der Waals surface area contributed by atoms with Crippen molar-refractivity contribution in [1.29, 1.82) is 10.5 Å². The summed E-state index contributed by atoms with van der Waals surface area (Å²) < 4.78 is 35.2. The van der Waals surface area contributed by atoms with E-state index in [0.717, 1.165) is 41.4 Å². The molecule has 0 saturated heterocycles. The Bertz CT molecular complexity index is 1660. The summed E-state index contributed by atoms with van der Waals surface area (Å²) in [6.07, 6.45) is 6.69. The summed E-state index contributed by atoms with van der Waals surface area (Å²) in [5.74, 6) is 1.04. The monoisotopic (exact) mass is 511 g/mol. The number of anilines is 1. The SMILES string of the molecule is CCCS(=O)(=O)Nc1ccc(-c2c(C#N)c3ccc(Oc4ccncc4C#N)cc3n2C2CCC2)cc1. The van der Waals surface area contributed by atoms with Crippen LogP contribution in [0.5, 0.6) is 11.5 Å². The molecular formula is C28H25N5O3S. The Balaban J connectivity index is 1.59. The molecule has 2 aromatic heterocycles. The summed E-state index contributed by atoms with van der Waals surface area (Å²) in [6.45, 7) is 1.82. The highest BCUT2D eigenvalue weighted by atomic mass is 32.2. The molecule has 4 aromatic rings. The number of sulfonamides is 1. The lowest BCUT2D eigenvalue weighted by Gasteiger charge is -2.30. The first-order chi connectivity index (χ1) is 17.9. The van der Waals surface area contributed by atoms with Crippen molar-refractivity contribution in [1.82, 2.24) is 9.55 Å². The van der Waals surface area contributed by atoms with Gasteiger partial charge < -0.3 is 9.30 Å². The van der Waals surface area contributed by atoms with Gasteiger partial charge in [-0.25, -0.2) is 8.42 Å². The van der Waals surface area contributed by atoms with E-state index in [1.54, 1.807) is 30.5 Å². The molecule has 0 spiro atoms. The van der Waals surface area contributed by atoms with Crippen molar-refractivity contribution in [2.75, 3.05) is 10.5 Å². The number of ether oxygens (including phenoxy) is 1. The van der Waals surface area contributed by atoms with Crippen LogP contribution in [-0.2, 0) is 10.0 Å². The fraction of sp³-hybridized carbons (Fsp3) is 0.250. The van der Waals surface area contributed by atoms with Crippen molar-refractivity contribution in [3.8, 4) is 34.9 Å². The van der Waals surface area contributed by atoms with Crippen LogP contribution in [0.15, 0.2) is 60.9 Å².